The molecule has 0 aromatic heterocycles. The minimum absolute atomic E-state index is 0. The molecule has 0 aromatic rings. The van der Waals surface area contributed by atoms with Gasteiger partial charge in [0.2, 0.25) is 0 Å². The summed E-state index contributed by atoms with van der Waals surface area (Å²) in [4.78, 5) is 20.2. The van der Waals surface area contributed by atoms with Gasteiger partial charge in [0.05, 0.1) is 0 Å². The monoisotopic (exact) mass is 220 g/mol. The molecule has 0 spiro atoms. The first-order valence-corrected chi connectivity index (χ1v) is 1.42. The average molecular weight is 220 g/mol. The highest BCUT2D eigenvalue weighted by Crippen LogP contribution is 1.25. The number of amides is 2. The molecule has 0 aliphatic carbocycles. The van der Waals surface area contributed by atoms with Gasteiger partial charge in [-0.25, -0.2) is 4.79 Å². The third kappa shape index (κ3) is 6810. The van der Waals surface area contributed by atoms with Crippen LogP contribution in [0.1, 0.15) is 29.7 Å². The molecule has 0 aliphatic heterocycles. The van der Waals surface area contributed by atoms with Crippen LogP contribution in [0.5, 0.6) is 0 Å². The fourth-order valence-electron chi connectivity index (χ4n) is 0. The Kier molecular flexibility index (Phi) is 570. The number of rotatable bonds is 1. The summed E-state index contributed by atoms with van der Waals surface area (Å²) >= 11 is 0. The second-order valence-corrected chi connectivity index (χ2v) is 0.595. The zero-order valence-corrected chi connectivity index (χ0v) is 5.57. The van der Waals surface area contributed by atoms with Crippen molar-refractivity contribution in [3.63, 3.8) is 0 Å². The summed E-state index contributed by atoms with van der Waals surface area (Å²) in [5.41, 5.74) is 8.50. The molecule has 0 radical (unpaired) electrons. The molecule has 96 valence electrons. The molecule has 0 unspecified atom stereocenters. The summed E-state index contributed by atoms with van der Waals surface area (Å²) in [7, 11) is 0. The van der Waals surface area contributed by atoms with Gasteiger partial charge in [-0.3, -0.25) is 4.79 Å². The lowest BCUT2D eigenvalue weighted by atomic mass is 11.2. The zero-order chi connectivity index (χ0) is 6.99. The Hall–Kier alpha value is -1.38. The number of hydrogen-bond donors (Lipinski definition) is 4. The molecule has 0 atom stereocenters. The Morgan fingerprint density at radius 3 is 1.21 bits per heavy atom. The topological polar surface area (TPSA) is 190 Å². The smallest absolute Gasteiger partial charge is 0.309 e. The summed E-state index contributed by atoms with van der Waals surface area (Å²) in [6.45, 7) is -0.181. The molecule has 0 rings (SSSR count). The van der Waals surface area contributed by atoms with Crippen molar-refractivity contribution in [3.8, 4) is 0 Å². The Balaban J connectivity index is -0.00000000600. The van der Waals surface area contributed by atoms with Crippen molar-refractivity contribution >= 4 is 12.5 Å². The number of hydrogen-bond acceptors (Lipinski definition) is 5. The number of carbonyl (C=O) groups excluding carboxylic acids is 2. The van der Waals surface area contributed by atoms with E-state index < -0.39 is 6.03 Å². The highest BCUT2D eigenvalue weighted by molar-refractivity contribution is 5.69. The van der Waals surface area contributed by atoms with E-state index in [0.29, 0.717) is 0 Å². The standard InChI is InChI=1S/CH4N2O.CH2O3.4CH4.2H3N/c2-1(3)4;2-1-4-3;;;;;;/h(H4,2,3,4);1,3H;4*1H4;2*1H3. The van der Waals surface area contributed by atoms with Gasteiger partial charge < -0.3 is 33.9 Å². The van der Waals surface area contributed by atoms with Gasteiger partial charge in [0.25, 0.3) is 6.47 Å². The molecule has 11 N–H and O–H groups in total. The number of carbonyl (C=O) groups is 2. The minimum atomic E-state index is -0.833. The van der Waals surface area contributed by atoms with E-state index in [1.165, 1.54) is 0 Å². The fourth-order valence-corrected chi connectivity index (χ4v) is 0. The van der Waals surface area contributed by atoms with Crippen LogP contribution in [-0.2, 0) is 9.68 Å². The van der Waals surface area contributed by atoms with Crippen LogP contribution in [0.4, 0.5) is 4.79 Å². The van der Waals surface area contributed by atoms with Gasteiger partial charge >= 0.3 is 6.03 Å². The lowest BCUT2D eigenvalue weighted by Crippen LogP contribution is -2.18. The van der Waals surface area contributed by atoms with Gasteiger partial charge in [0.1, 0.15) is 0 Å². The van der Waals surface area contributed by atoms with E-state index >= 15 is 0 Å². The normalized spacial score (nSPS) is 3.21. The maximum absolute atomic E-state index is 9.00. The molecule has 0 saturated heterocycles. The molecule has 0 heterocycles. The minimum Gasteiger partial charge on any atom is -0.662 e. The highest BCUT2D eigenvalue weighted by atomic mass is 17.1. The highest BCUT2D eigenvalue weighted by Gasteiger charge is 1.60. The molecule has 0 saturated carbocycles. The summed E-state index contributed by atoms with van der Waals surface area (Å²) in [5.74, 6) is 0. The van der Waals surface area contributed by atoms with E-state index in [1.807, 2.05) is 0 Å². The van der Waals surface area contributed by atoms with Gasteiger partial charge in [0, 0.05) is 0 Å². The molecule has 2 amide bonds. The first-order valence-electron chi connectivity index (χ1n) is 1.42. The summed E-state index contributed by atoms with van der Waals surface area (Å²) in [6, 6.07) is -0.833. The SMILES string of the molecule is C.C.C.C.N.NC(N)=O.O=CO[O-].[NH4+]. The molecule has 0 bridgehead atoms. The summed E-state index contributed by atoms with van der Waals surface area (Å²) in [6.07, 6.45) is 0. The van der Waals surface area contributed by atoms with E-state index in [2.05, 4.69) is 16.4 Å². The second-order valence-electron chi connectivity index (χ2n) is 0.595. The number of urea groups is 1. The van der Waals surface area contributed by atoms with Gasteiger partial charge in [-0.1, -0.05) is 29.7 Å². The second kappa shape index (κ2) is 100. The fraction of sp³-hybridized carbons (Fsp3) is 0.667. The average Bonchev–Trinajstić information content (AvgIpc) is 1.65. The molecule has 0 aromatic carbocycles. The Bertz CT molecular complexity index is 78.2. The van der Waals surface area contributed by atoms with Crippen LogP contribution >= 0.6 is 0 Å². The van der Waals surface area contributed by atoms with Crippen LogP contribution in [0, 0.1) is 0 Å². The van der Waals surface area contributed by atoms with Gasteiger partial charge in [0.15, 0.2) is 0 Å². The van der Waals surface area contributed by atoms with Crippen molar-refractivity contribution in [2.75, 3.05) is 0 Å². The van der Waals surface area contributed by atoms with Gasteiger partial charge in [-0.2, -0.15) is 0 Å². The number of nitrogens with two attached hydrogens (primary N) is 2. The third-order valence-corrected chi connectivity index (χ3v) is 0.0393. The van der Waals surface area contributed by atoms with Gasteiger partial charge in [-0.15, -0.1) is 0 Å². The molecule has 8 heteroatoms. The molecule has 0 aliphatic rings. The molecular weight excluding hydrogens is 192 g/mol. The molecular formula is C6H28N4O4. The lowest BCUT2D eigenvalue weighted by molar-refractivity contribution is -0.652. The van der Waals surface area contributed by atoms with Crippen molar-refractivity contribution in [1.82, 2.24) is 12.3 Å². The summed E-state index contributed by atoms with van der Waals surface area (Å²) in [5, 5.41) is 8.43. The van der Waals surface area contributed by atoms with Crippen LogP contribution in [0.15, 0.2) is 0 Å². The summed E-state index contributed by atoms with van der Waals surface area (Å²) < 4.78 is 0. The van der Waals surface area contributed by atoms with Crippen molar-refractivity contribution in [2.24, 2.45) is 11.5 Å². The third-order valence-electron chi connectivity index (χ3n) is 0.0393. The van der Waals surface area contributed by atoms with Crippen LogP contribution in [-0.4, -0.2) is 12.5 Å². The van der Waals surface area contributed by atoms with E-state index in [4.69, 9.17) is 14.8 Å². The Labute approximate surface area is 86.7 Å². The van der Waals surface area contributed by atoms with E-state index in [0.717, 1.165) is 0 Å². The lowest BCUT2D eigenvalue weighted by Gasteiger charge is -1.88. The van der Waals surface area contributed by atoms with Crippen molar-refractivity contribution in [3.05, 3.63) is 0 Å². The number of quaternary nitrogens is 1. The van der Waals surface area contributed by atoms with Crippen molar-refractivity contribution in [1.29, 1.82) is 0 Å². The number of primary amides is 2. The quantitative estimate of drug-likeness (QED) is 0.284. The first kappa shape index (κ1) is 79.8. The predicted octanol–water partition coefficient (Wildman–Crippen LogP) is 0.541. The zero-order valence-electron chi connectivity index (χ0n) is 5.57. The van der Waals surface area contributed by atoms with E-state index in [1.54, 1.807) is 0 Å². The Morgan fingerprint density at radius 1 is 1.14 bits per heavy atom. The van der Waals surface area contributed by atoms with E-state index in [-0.39, 0.29) is 48.5 Å². The van der Waals surface area contributed by atoms with Crippen LogP contribution in [0.25, 0.3) is 0 Å². The van der Waals surface area contributed by atoms with Crippen molar-refractivity contribution < 1.29 is 19.7 Å². The predicted molar refractivity (Wildman–Crippen MR) is 58.9 cm³/mol. The largest absolute Gasteiger partial charge is 0.662 e. The first-order chi connectivity index (χ1) is 3.65. The van der Waals surface area contributed by atoms with Crippen LogP contribution in [0.3, 0.4) is 0 Å². The molecule has 14 heavy (non-hydrogen) atoms. The van der Waals surface area contributed by atoms with E-state index in [9.17, 15) is 0 Å². The van der Waals surface area contributed by atoms with Gasteiger partial charge in [-0.05, 0) is 0 Å². The molecule has 8 nitrogen and oxygen atoms in total. The van der Waals surface area contributed by atoms with Crippen molar-refractivity contribution in [2.45, 2.75) is 29.7 Å². The maximum Gasteiger partial charge on any atom is 0.309 e. The Morgan fingerprint density at radius 2 is 1.21 bits per heavy atom. The van der Waals surface area contributed by atoms with Crippen LogP contribution < -0.4 is 29.0 Å². The van der Waals surface area contributed by atoms with Crippen LogP contribution in [0.2, 0.25) is 0 Å². The molecule has 0 fully saturated rings. The maximum atomic E-state index is 9.00.